The van der Waals surface area contributed by atoms with Crippen molar-refractivity contribution in [1.29, 1.82) is 0 Å². The predicted molar refractivity (Wildman–Crippen MR) is 100 cm³/mol. The van der Waals surface area contributed by atoms with E-state index in [1.54, 1.807) is 0 Å². The second-order valence-corrected chi connectivity index (χ2v) is 6.07. The summed E-state index contributed by atoms with van der Waals surface area (Å²) in [7, 11) is 0. The van der Waals surface area contributed by atoms with E-state index >= 15 is 0 Å². The van der Waals surface area contributed by atoms with Gasteiger partial charge in [0, 0.05) is 17.9 Å². The maximum absolute atomic E-state index is 12.5. The Morgan fingerprint density at radius 2 is 1.96 bits per heavy atom. The molecule has 0 aliphatic rings. The highest BCUT2D eigenvalue weighted by molar-refractivity contribution is 5.91. The Hall–Kier alpha value is -3.55. The third-order valence-corrected chi connectivity index (χ3v) is 3.99. The monoisotopic (exact) mass is 364 g/mol. The van der Waals surface area contributed by atoms with Gasteiger partial charge in [0.15, 0.2) is 0 Å². The molecule has 8 nitrogen and oxygen atoms in total. The summed E-state index contributed by atoms with van der Waals surface area (Å²) in [5.41, 5.74) is 2.50. The molecule has 0 radical (unpaired) electrons. The molecular formula is C19H20N6O2. The summed E-state index contributed by atoms with van der Waals surface area (Å²) >= 11 is 0. The molecule has 1 atom stereocenters. The van der Waals surface area contributed by atoms with Gasteiger partial charge in [-0.2, -0.15) is 4.98 Å². The van der Waals surface area contributed by atoms with Gasteiger partial charge < -0.3 is 10.6 Å². The molecular weight excluding hydrogens is 344 g/mol. The Morgan fingerprint density at radius 3 is 2.67 bits per heavy atom. The number of hydrogen-bond acceptors (Lipinski definition) is 5. The standard InChI is InChI=1S/C19H20N6O2/c1-4-16(26)22-15(14-8-6-5-7-9-14)11-20-18(27)17-23-19-21-12(2)10-13(3)25(19)24-17/h4-10,15H,1,11H2,2-3H3,(H,20,27)(H,22,26). The Kier molecular flexibility index (Phi) is 5.25. The average Bonchev–Trinajstić information content (AvgIpc) is 3.09. The molecule has 3 rings (SSSR count). The smallest absolute Gasteiger partial charge is 0.291 e. The van der Waals surface area contributed by atoms with Crippen molar-refractivity contribution in [3.05, 3.63) is 71.8 Å². The molecule has 0 bridgehead atoms. The molecule has 3 aromatic rings. The first-order valence-corrected chi connectivity index (χ1v) is 8.45. The van der Waals surface area contributed by atoms with E-state index in [9.17, 15) is 9.59 Å². The van der Waals surface area contributed by atoms with E-state index in [1.165, 1.54) is 10.6 Å². The van der Waals surface area contributed by atoms with Gasteiger partial charge >= 0.3 is 0 Å². The summed E-state index contributed by atoms with van der Waals surface area (Å²) in [6.07, 6.45) is 1.19. The number of carbonyl (C=O) groups is 2. The highest BCUT2D eigenvalue weighted by Gasteiger charge is 2.18. The Bertz CT molecular complexity index is 996. The zero-order valence-electron chi connectivity index (χ0n) is 15.1. The van der Waals surface area contributed by atoms with Crippen molar-refractivity contribution in [2.24, 2.45) is 0 Å². The van der Waals surface area contributed by atoms with Crippen LogP contribution in [0, 0.1) is 13.8 Å². The Balaban J connectivity index is 1.76. The van der Waals surface area contributed by atoms with Gasteiger partial charge in [-0.25, -0.2) is 9.50 Å². The van der Waals surface area contributed by atoms with Crippen LogP contribution in [0.5, 0.6) is 0 Å². The highest BCUT2D eigenvalue weighted by Crippen LogP contribution is 2.12. The fourth-order valence-electron chi connectivity index (χ4n) is 2.70. The Morgan fingerprint density at radius 1 is 1.22 bits per heavy atom. The van der Waals surface area contributed by atoms with E-state index in [1.807, 2.05) is 50.2 Å². The van der Waals surface area contributed by atoms with Crippen LogP contribution in [0.4, 0.5) is 0 Å². The van der Waals surface area contributed by atoms with E-state index < -0.39 is 11.9 Å². The number of rotatable bonds is 6. The van der Waals surface area contributed by atoms with Crippen molar-refractivity contribution >= 4 is 17.6 Å². The number of hydrogen-bond donors (Lipinski definition) is 2. The number of aromatic nitrogens is 4. The third kappa shape index (κ3) is 4.17. The average molecular weight is 364 g/mol. The number of benzene rings is 1. The van der Waals surface area contributed by atoms with Crippen LogP contribution in [-0.2, 0) is 4.79 Å². The minimum absolute atomic E-state index is 0.0260. The molecule has 1 unspecified atom stereocenters. The summed E-state index contributed by atoms with van der Waals surface area (Å²) in [5.74, 6) is -0.360. The lowest BCUT2D eigenvalue weighted by Crippen LogP contribution is -2.37. The zero-order valence-corrected chi connectivity index (χ0v) is 15.1. The van der Waals surface area contributed by atoms with Crippen LogP contribution >= 0.6 is 0 Å². The molecule has 0 saturated carbocycles. The van der Waals surface area contributed by atoms with Gasteiger partial charge in [-0.1, -0.05) is 36.9 Å². The van der Waals surface area contributed by atoms with Crippen molar-refractivity contribution in [3.8, 4) is 0 Å². The molecule has 2 heterocycles. The van der Waals surface area contributed by atoms with Gasteiger partial charge in [0.05, 0.1) is 6.04 Å². The van der Waals surface area contributed by atoms with Crippen molar-refractivity contribution < 1.29 is 9.59 Å². The fourth-order valence-corrected chi connectivity index (χ4v) is 2.70. The lowest BCUT2D eigenvalue weighted by molar-refractivity contribution is -0.117. The molecule has 8 heteroatoms. The number of fused-ring (bicyclic) bond motifs is 1. The highest BCUT2D eigenvalue weighted by atomic mass is 16.2. The van der Waals surface area contributed by atoms with Gasteiger partial charge in [-0.05, 0) is 31.6 Å². The fraction of sp³-hybridized carbons (Fsp3) is 0.211. The van der Waals surface area contributed by atoms with E-state index in [2.05, 4.69) is 32.3 Å². The van der Waals surface area contributed by atoms with E-state index in [0.29, 0.717) is 5.78 Å². The first-order chi connectivity index (χ1) is 13.0. The number of nitrogens with one attached hydrogen (secondary N) is 2. The summed E-state index contributed by atoms with van der Waals surface area (Å²) in [4.78, 5) is 32.7. The van der Waals surface area contributed by atoms with Crippen molar-refractivity contribution in [2.75, 3.05) is 6.54 Å². The largest absolute Gasteiger partial charge is 0.347 e. The number of nitrogens with zero attached hydrogens (tertiary/aromatic N) is 4. The second kappa shape index (κ2) is 7.77. The van der Waals surface area contributed by atoms with Crippen LogP contribution < -0.4 is 10.6 Å². The molecule has 0 aliphatic carbocycles. The lowest BCUT2D eigenvalue weighted by Gasteiger charge is -2.18. The normalized spacial score (nSPS) is 11.8. The van der Waals surface area contributed by atoms with Crippen molar-refractivity contribution in [1.82, 2.24) is 30.2 Å². The van der Waals surface area contributed by atoms with Gasteiger partial charge in [-0.3, -0.25) is 9.59 Å². The number of aryl methyl sites for hydroxylation is 2. The molecule has 2 aromatic heterocycles. The molecule has 2 N–H and O–H groups in total. The van der Waals surface area contributed by atoms with Gasteiger partial charge in [0.1, 0.15) is 0 Å². The minimum Gasteiger partial charge on any atom is -0.347 e. The molecule has 138 valence electrons. The first-order valence-electron chi connectivity index (χ1n) is 8.45. The van der Waals surface area contributed by atoms with Gasteiger partial charge in [0.2, 0.25) is 11.7 Å². The number of carbonyl (C=O) groups excluding carboxylic acids is 2. The molecule has 2 amide bonds. The van der Waals surface area contributed by atoms with Crippen molar-refractivity contribution in [2.45, 2.75) is 19.9 Å². The SMILES string of the molecule is C=CC(=O)NC(CNC(=O)c1nc2nc(C)cc(C)n2n1)c1ccccc1. The first kappa shape index (κ1) is 18.2. The predicted octanol–water partition coefficient (Wildman–Crippen LogP) is 1.51. The maximum atomic E-state index is 12.5. The van der Waals surface area contributed by atoms with Crippen LogP contribution in [0.2, 0.25) is 0 Å². The maximum Gasteiger partial charge on any atom is 0.291 e. The molecule has 0 fully saturated rings. The zero-order chi connectivity index (χ0) is 19.4. The summed E-state index contributed by atoms with van der Waals surface area (Å²) in [6.45, 7) is 7.37. The van der Waals surface area contributed by atoms with E-state index in [0.717, 1.165) is 17.0 Å². The summed E-state index contributed by atoms with van der Waals surface area (Å²) in [6, 6.07) is 10.8. The quantitative estimate of drug-likeness (QED) is 0.646. The second-order valence-electron chi connectivity index (χ2n) is 6.07. The van der Waals surface area contributed by atoms with Crippen LogP contribution in [-0.4, -0.2) is 37.9 Å². The van der Waals surface area contributed by atoms with Gasteiger partial charge in [-0.15, -0.1) is 5.10 Å². The molecule has 27 heavy (non-hydrogen) atoms. The number of amides is 2. The van der Waals surface area contributed by atoms with Crippen LogP contribution in [0.3, 0.4) is 0 Å². The molecule has 0 aliphatic heterocycles. The lowest BCUT2D eigenvalue weighted by atomic mass is 10.1. The minimum atomic E-state index is -0.439. The van der Waals surface area contributed by atoms with E-state index in [4.69, 9.17) is 0 Å². The summed E-state index contributed by atoms with van der Waals surface area (Å²) in [5, 5.41) is 9.78. The van der Waals surface area contributed by atoms with Gasteiger partial charge in [0.25, 0.3) is 11.7 Å². The topological polar surface area (TPSA) is 101 Å². The van der Waals surface area contributed by atoms with E-state index in [-0.39, 0.29) is 18.3 Å². The summed E-state index contributed by atoms with van der Waals surface area (Å²) < 4.78 is 1.52. The molecule has 0 spiro atoms. The molecule has 0 saturated heterocycles. The third-order valence-electron chi connectivity index (χ3n) is 3.99. The van der Waals surface area contributed by atoms with Crippen LogP contribution in [0.15, 0.2) is 49.1 Å². The Labute approximate surface area is 156 Å². The van der Waals surface area contributed by atoms with Crippen LogP contribution in [0.25, 0.3) is 5.78 Å². The van der Waals surface area contributed by atoms with Crippen molar-refractivity contribution in [3.63, 3.8) is 0 Å². The van der Waals surface area contributed by atoms with Crippen LogP contribution in [0.1, 0.15) is 33.6 Å². The molecule has 1 aromatic carbocycles.